The molecule has 1 aliphatic rings. The van der Waals surface area contributed by atoms with Gasteiger partial charge in [-0.2, -0.15) is 0 Å². The molecule has 98 valence electrons. The average molecular weight is 253 g/mol. The Bertz CT molecular complexity index is 558. The smallest absolute Gasteiger partial charge is 0.0608 e. The first-order valence-corrected chi connectivity index (χ1v) is 6.91. The van der Waals surface area contributed by atoms with Crippen molar-refractivity contribution in [2.45, 2.75) is 32.3 Å². The number of rotatable bonds is 4. The van der Waals surface area contributed by atoms with E-state index in [9.17, 15) is 5.11 Å². The number of pyridine rings is 1. The first-order valence-electron chi connectivity index (χ1n) is 6.91. The molecule has 1 aromatic carbocycles. The Morgan fingerprint density at radius 2 is 1.89 bits per heavy atom. The highest BCUT2D eigenvalue weighted by Gasteiger charge is 2.29. The molecule has 1 N–H and O–H groups in total. The van der Waals surface area contributed by atoms with Crippen molar-refractivity contribution in [2.24, 2.45) is 5.92 Å². The van der Waals surface area contributed by atoms with E-state index in [1.807, 2.05) is 12.4 Å². The van der Waals surface area contributed by atoms with Gasteiger partial charge >= 0.3 is 0 Å². The third-order valence-electron chi connectivity index (χ3n) is 3.77. The lowest BCUT2D eigenvalue weighted by Crippen LogP contribution is -2.12. The van der Waals surface area contributed by atoms with Gasteiger partial charge in [0.05, 0.1) is 6.10 Å². The summed E-state index contributed by atoms with van der Waals surface area (Å²) in [7, 11) is 0. The maximum absolute atomic E-state index is 9.96. The fourth-order valence-electron chi connectivity index (χ4n) is 2.44. The molecule has 3 rings (SSSR count). The molecular weight excluding hydrogens is 234 g/mol. The van der Waals surface area contributed by atoms with Crippen molar-refractivity contribution in [1.29, 1.82) is 0 Å². The van der Waals surface area contributed by atoms with Crippen molar-refractivity contribution in [3.63, 3.8) is 0 Å². The van der Waals surface area contributed by atoms with E-state index in [1.165, 1.54) is 29.5 Å². The fourth-order valence-corrected chi connectivity index (χ4v) is 2.44. The van der Waals surface area contributed by atoms with Crippen LogP contribution in [0.2, 0.25) is 0 Å². The number of hydrogen-bond donors (Lipinski definition) is 1. The minimum atomic E-state index is -0.161. The first-order chi connectivity index (χ1) is 9.22. The van der Waals surface area contributed by atoms with Gasteiger partial charge in [0.2, 0.25) is 0 Å². The Morgan fingerprint density at radius 1 is 1.16 bits per heavy atom. The van der Waals surface area contributed by atoms with Crippen LogP contribution in [0.5, 0.6) is 0 Å². The van der Waals surface area contributed by atoms with Crippen LogP contribution in [0.1, 0.15) is 24.0 Å². The lowest BCUT2D eigenvalue weighted by atomic mass is 10.0. The molecule has 2 nitrogen and oxygen atoms in total. The lowest BCUT2D eigenvalue weighted by Gasteiger charge is -2.10. The van der Waals surface area contributed by atoms with Crippen LogP contribution in [-0.2, 0) is 6.42 Å². The highest BCUT2D eigenvalue weighted by atomic mass is 16.3. The highest BCUT2D eigenvalue weighted by molar-refractivity contribution is 5.63. The molecule has 1 aromatic heterocycles. The Hall–Kier alpha value is -1.67. The third-order valence-corrected chi connectivity index (χ3v) is 3.77. The molecule has 1 aliphatic carbocycles. The molecule has 2 aromatic rings. The molecule has 1 heterocycles. The molecule has 0 amide bonds. The standard InChI is InChI=1S/C17H19NO/c1-12-8-16(11-18-10-12)14-4-2-13(3-5-14)9-17(19)15-6-7-15/h2-5,8,10-11,15,17,19H,6-7,9H2,1H3. The Morgan fingerprint density at radius 3 is 2.53 bits per heavy atom. The molecule has 0 spiro atoms. The maximum atomic E-state index is 9.96. The van der Waals surface area contributed by atoms with Gasteiger partial charge in [-0.15, -0.1) is 0 Å². The third kappa shape index (κ3) is 3.02. The molecule has 1 unspecified atom stereocenters. The van der Waals surface area contributed by atoms with Crippen LogP contribution in [0.15, 0.2) is 42.7 Å². The Kier molecular flexibility index (Phi) is 3.34. The van der Waals surface area contributed by atoms with Gasteiger partial charge in [-0.1, -0.05) is 24.3 Å². The van der Waals surface area contributed by atoms with Gasteiger partial charge in [0.1, 0.15) is 0 Å². The highest BCUT2D eigenvalue weighted by Crippen LogP contribution is 2.34. The number of aromatic nitrogens is 1. The summed E-state index contributed by atoms with van der Waals surface area (Å²) >= 11 is 0. The van der Waals surface area contributed by atoms with Gasteiger partial charge < -0.3 is 5.11 Å². The Labute approximate surface area is 114 Å². The number of benzene rings is 1. The second-order valence-electron chi connectivity index (χ2n) is 5.56. The van der Waals surface area contributed by atoms with Crippen molar-refractivity contribution >= 4 is 0 Å². The maximum Gasteiger partial charge on any atom is 0.0608 e. The van der Waals surface area contributed by atoms with E-state index >= 15 is 0 Å². The molecule has 2 heteroatoms. The molecule has 0 bridgehead atoms. The fraction of sp³-hybridized carbons (Fsp3) is 0.353. The number of aliphatic hydroxyl groups is 1. The van der Waals surface area contributed by atoms with Crippen molar-refractivity contribution in [3.8, 4) is 11.1 Å². The second-order valence-corrected chi connectivity index (χ2v) is 5.56. The van der Waals surface area contributed by atoms with Crippen molar-refractivity contribution in [2.75, 3.05) is 0 Å². The summed E-state index contributed by atoms with van der Waals surface area (Å²) < 4.78 is 0. The van der Waals surface area contributed by atoms with Crippen molar-refractivity contribution in [3.05, 3.63) is 53.9 Å². The van der Waals surface area contributed by atoms with Gasteiger partial charge in [0, 0.05) is 18.0 Å². The first kappa shape index (κ1) is 12.4. The average Bonchev–Trinajstić information content (AvgIpc) is 3.24. The minimum absolute atomic E-state index is 0.161. The van der Waals surface area contributed by atoms with Gasteiger partial charge in [0.15, 0.2) is 0 Å². The number of nitrogens with zero attached hydrogens (tertiary/aromatic N) is 1. The minimum Gasteiger partial charge on any atom is -0.392 e. The van der Waals surface area contributed by atoms with Gasteiger partial charge in [-0.05, 0) is 54.9 Å². The van der Waals surface area contributed by atoms with E-state index in [1.54, 1.807) is 0 Å². The number of aryl methyl sites for hydroxylation is 1. The number of hydrogen-bond acceptors (Lipinski definition) is 2. The summed E-state index contributed by atoms with van der Waals surface area (Å²) in [5.74, 6) is 0.542. The molecule has 1 atom stereocenters. The quantitative estimate of drug-likeness (QED) is 0.906. The summed E-state index contributed by atoms with van der Waals surface area (Å²) in [6.07, 6.45) is 6.75. The normalized spacial score (nSPS) is 16.3. The zero-order valence-corrected chi connectivity index (χ0v) is 11.2. The molecular formula is C17H19NO. The number of aliphatic hydroxyl groups excluding tert-OH is 1. The van der Waals surface area contributed by atoms with E-state index in [-0.39, 0.29) is 6.10 Å². The van der Waals surface area contributed by atoms with Crippen LogP contribution >= 0.6 is 0 Å². The van der Waals surface area contributed by atoms with E-state index in [4.69, 9.17) is 0 Å². The van der Waals surface area contributed by atoms with E-state index in [0.29, 0.717) is 5.92 Å². The summed E-state index contributed by atoms with van der Waals surface area (Å²) in [5, 5.41) is 9.96. The second kappa shape index (κ2) is 5.14. The van der Waals surface area contributed by atoms with Crippen LogP contribution in [-0.4, -0.2) is 16.2 Å². The zero-order chi connectivity index (χ0) is 13.2. The van der Waals surface area contributed by atoms with E-state index < -0.39 is 0 Å². The largest absolute Gasteiger partial charge is 0.392 e. The SMILES string of the molecule is Cc1cncc(-c2ccc(CC(O)C3CC3)cc2)c1. The lowest BCUT2D eigenvalue weighted by molar-refractivity contribution is 0.151. The molecule has 1 fully saturated rings. The molecule has 0 saturated heterocycles. The monoisotopic (exact) mass is 253 g/mol. The summed E-state index contributed by atoms with van der Waals surface area (Å²) in [6, 6.07) is 10.6. The van der Waals surface area contributed by atoms with Crippen LogP contribution in [0, 0.1) is 12.8 Å². The van der Waals surface area contributed by atoms with Crippen LogP contribution in [0.25, 0.3) is 11.1 Å². The summed E-state index contributed by atoms with van der Waals surface area (Å²) in [6.45, 7) is 2.05. The predicted molar refractivity (Wildman–Crippen MR) is 76.8 cm³/mol. The molecule has 19 heavy (non-hydrogen) atoms. The Balaban J connectivity index is 1.74. The topological polar surface area (TPSA) is 33.1 Å². The van der Waals surface area contributed by atoms with E-state index in [0.717, 1.165) is 12.0 Å². The van der Waals surface area contributed by atoms with E-state index in [2.05, 4.69) is 42.2 Å². The molecule has 1 saturated carbocycles. The van der Waals surface area contributed by atoms with Crippen LogP contribution < -0.4 is 0 Å². The van der Waals surface area contributed by atoms with Gasteiger partial charge in [-0.3, -0.25) is 4.98 Å². The summed E-state index contributed by atoms with van der Waals surface area (Å²) in [4.78, 5) is 4.22. The molecule has 0 radical (unpaired) electrons. The molecule has 0 aliphatic heterocycles. The van der Waals surface area contributed by atoms with Gasteiger partial charge in [0.25, 0.3) is 0 Å². The summed E-state index contributed by atoms with van der Waals surface area (Å²) in [5.41, 5.74) is 4.71. The van der Waals surface area contributed by atoms with Crippen LogP contribution in [0.4, 0.5) is 0 Å². The van der Waals surface area contributed by atoms with Gasteiger partial charge in [-0.25, -0.2) is 0 Å². The van der Waals surface area contributed by atoms with Crippen molar-refractivity contribution in [1.82, 2.24) is 4.98 Å². The van der Waals surface area contributed by atoms with Crippen LogP contribution in [0.3, 0.4) is 0 Å². The van der Waals surface area contributed by atoms with Crippen molar-refractivity contribution < 1.29 is 5.11 Å². The predicted octanol–water partition coefficient (Wildman–Crippen LogP) is 3.37. The zero-order valence-electron chi connectivity index (χ0n) is 11.2.